The third-order valence-electron chi connectivity index (χ3n) is 9.21. The third-order valence-corrected chi connectivity index (χ3v) is 9.21. The Balaban J connectivity index is 1.69. The molecule has 4 bridgehead atoms. The summed E-state index contributed by atoms with van der Waals surface area (Å²) in [6.45, 7) is 4.24. The Morgan fingerprint density at radius 3 is 2.60 bits per heavy atom. The summed E-state index contributed by atoms with van der Waals surface area (Å²) in [5.74, 6) is -5.06. The molecular weight excluding hydrogens is 394 g/mol. The lowest BCUT2D eigenvalue weighted by atomic mass is 9.35. The highest BCUT2D eigenvalue weighted by atomic mass is 16.7. The standard InChI is InChI=1S/C21H31NO8/c1-18(2)8-7-12(23)19-9-29-21(27)15(13(18)19)30-17(26)20(21)11(19)6-5-10(14(20)24)16(25)22(3)28-4/h10-15,23-24,27H,5-9H2,1-4H3/t10-,11+,12+,13-,14-,15+,19-,20-,21-/m1/s1. The van der Waals surface area contributed by atoms with Gasteiger partial charge in [-0.05, 0) is 37.0 Å². The van der Waals surface area contributed by atoms with Gasteiger partial charge in [-0.15, -0.1) is 0 Å². The molecule has 1 amide bonds. The molecule has 9 atom stereocenters. The monoisotopic (exact) mass is 425 g/mol. The minimum absolute atomic E-state index is 0.0988. The number of carbonyl (C=O) groups excluding carboxylic acids is 2. The van der Waals surface area contributed by atoms with Gasteiger partial charge in [0.25, 0.3) is 5.91 Å². The molecule has 3 aliphatic carbocycles. The van der Waals surface area contributed by atoms with Crippen molar-refractivity contribution in [3.8, 4) is 0 Å². The van der Waals surface area contributed by atoms with Crippen molar-refractivity contribution in [1.82, 2.24) is 5.06 Å². The molecule has 6 aliphatic rings. The van der Waals surface area contributed by atoms with E-state index in [0.29, 0.717) is 19.3 Å². The topological polar surface area (TPSA) is 126 Å². The van der Waals surface area contributed by atoms with Gasteiger partial charge in [0.05, 0.1) is 31.8 Å². The van der Waals surface area contributed by atoms with Crippen molar-refractivity contribution >= 4 is 11.9 Å². The summed E-state index contributed by atoms with van der Waals surface area (Å²) in [5.41, 5.74) is -2.94. The molecule has 6 fully saturated rings. The molecule has 3 saturated carbocycles. The second kappa shape index (κ2) is 5.95. The summed E-state index contributed by atoms with van der Waals surface area (Å²) >= 11 is 0. The van der Waals surface area contributed by atoms with Gasteiger partial charge in [-0.25, -0.2) is 5.06 Å². The van der Waals surface area contributed by atoms with Crippen LogP contribution in [-0.4, -0.2) is 77.1 Å². The number of aliphatic hydroxyl groups is 3. The van der Waals surface area contributed by atoms with Gasteiger partial charge in [0.1, 0.15) is 0 Å². The van der Waals surface area contributed by atoms with Crippen molar-refractivity contribution in [3.63, 3.8) is 0 Å². The first-order valence-corrected chi connectivity index (χ1v) is 10.8. The van der Waals surface area contributed by atoms with E-state index in [1.54, 1.807) is 0 Å². The fourth-order valence-corrected chi connectivity index (χ4v) is 7.95. The zero-order valence-corrected chi connectivity index (χ0v) is 17.8. The van der Waals surface area contributed by atoms with E-state index in [0.717, 1.165) is 11.5 Å². The molecule has 3 aliphatic heterocycles. The highest BCUT2D eigenvalue weighted by Gasteiger charge is 2.90. The van der Waals surface area contributed by atoms with Crippen molar-refractivity contribution in [1.29, 1.82) is 0 Å². The molecule has 2 spiro atoms. The number of hydrogen-bond donors (Lipinski definition) is 3. The van der Waals surface area contributed by atoms with Crippen LogP contribution in [-0.2, 0) is 23.9 Å². The number of carbonyl (C=O) groups is 2. The molecule has 30 heavy (non-hydrogen) atoms. The second-order valence-corrected chi connectivity index (χ2v) is 10.5. The first kappa shape index (κ1) is 20.6. The van der Waals surface area contributed by atoms with Crippen LogP contribution in [0.5, 0.6) is 0 Å². The number of hydrogen-bond acceptors (Lipinski definition) is 8. The first-order valence-electron chi connectivity index (χ1n) is 10.8. The number of fused-ring (bicyclic) bond motifs is 1. The fourth-order valence-electron chi connectivity index (χ4n) is 7.95. The van der Waals surface area contributed by atoms with Crippen LogP contribution in [0.1, 0.15) is 39.5 Å². The molecule has 3 heterocycles. The van der Waals surface area contributed by atoms with Gasteiger partial charge < -0.3 is 24.8 Å². The number of amides is 1. The lowest BCUT2D eigenvalue weighted by Crippen LogP contribution is -2.83. The molecule has 0 unspecified atom stereocenters. The van der Waals surface area contributed by atoms with Crippen molar-refractivity contribution in [2.24, 2.45) is 34.0 Å². The maximum Gasteiger partial charge on any atom is 0.321 e. The van der Waals surface area contributed by atoms with E-state index in [4.69, 9.17) is 14.3 Å². The SMILES string of the molecule is CON(C)C(=O)[C@@H]1CC[C@H]2[C@@]34CO[C@]5(O)[C@@H](OC(=O)[C@]25[C@@H]1O)[C@@H]3C(C)(C)CC[C@@H]4O. The summed E-state index contributed by atoms with van der Waals surface area (Å²) in [6.07, 6.45) is -1.28. The van der Waals surface area contributed by atoms with Crippen molar-refractivity contribution in [2.75, 3.05) is 20.8 Å². The molecule has 6 rings (SSSR count). The summed E-state index contributed by atoms with van der Waals surface area (Å²) in [7, 11) is 2.78. The Kier molecular flexibility index (Phi) is 4.09. The lowest BCUT2D eigenvalue weighted by Gasteiger charge is -2.72. The maximum atomic E-state index is 13.4. The van der Waals surface area contributed by atoms with Gasteiger partial charge in [0.15, 0.2) is 11.5 Å². The van der Waals surface area contributed by atoms with E-state index in [9.17, 15) is 24.9 Å². The average molecular weight is 425 g/mol. The Morgan fingerprint density at radius 2 is 1.93 bits per heavy atom. The molecule has 3 saturated heterocycles. The number of aliphatic hydroxyl groups excluding tert-OH is 2. The van der Waals surface area contributed by atoms with Crippen LogP contribution in [0.4, 0.5) is 0 Å². The van der Waals surface area contributed by atoms with Crippen LogP contribution in [0.3, 0.4) is 0 Å². The predicted octanol–water partition coefficient (Wildman–Crippen LogP) is -0.179. The van der Waals surface area contributed by atoms with Gasteiger partial charge in [0.2, 0.25) is 5.79 Å². The van der Waals surface area contributed by atoms with Gasteiger partial charge in [-0.1, -0.05) is 13.8 Å². The number of esters is 1. The normalized spacial score (nSPS) is 53.0. The van der Waals surface area contributed by atoms with E-state index in [1.165, 1.54) is 14.2 Å². The Morgan fingerprint density at radius 1 is 1.23 bits per heavy atom. The third kappa shape index (κ3) is 1.93. The van der Waals surface area contributed by atoms with Crippen LogP contribution in [0.25, 0.3) is 0 Å². The molecule has 9 nitrogen and oxygen atoms in total. The highest BCUT2D eigenvalue weighted by Crippen LogP contribution is 2.76. The first-order chi connectivity index (χ1) is 14.0. The predicted molar refractivity (Wildman–Crippen MR) is 100 cm³/mol. The molecule has 9 heteroatoms. The van der Waals surface area contributed by atoms with Crippen molar-refractivity contribution < 1.29 is 39.2 Å². The zero-order valence-electron chi connectivity index (χ0n) is 17.8. The maximum absolute atomic E-state index is 13.4. The number of ether oxygens (including phenoxy) is 2. The molecule has 0 aromatic rings. The van der Waals surface area contributed by atoms with Crippen LogP contribution < -0.4 is 0 Å². The Bertz CT molecular complexity index is 802. The fraction of sp³-hybridized carbons (Fsp3) is 0.905. The minimum atomic E-state index is -2.04. The smallest absolute Gasteiger partial charge is 0.321 e. The average Bonchev–Trinajstić information content (AvgIpc) is 2.87. The summed E-state index contributed by atoms with van der Waals surface area (Å²) in [6, 6.07) is 0. The number of rotatable bonds is 2. The molecule has 168 valence electrons. The molecule has 0 aromatic carbocycles. The van der Waals surface area contributed by atoms with Crippen molar-refractivity contribution in [3.05, 3.63) is 0 Å². The largest absolute Gasteiger partial charge is 0.456 e. The summed E-state index contributed by atoms with van der Waals surface area (Å²) in [4.78, 5) is 31.3. The molecule has 0 radical (unpaired) electrons. The summed E-state index contributed by atoms with van der Waals surface area (Å²) in [5, 5.41) is 35.6. The molecule has 3 N–H and O–H groups in total. The molecule has 0 aromatic heterocycles. The second-order valence-electron chi connectivity index (χ2n) is 10.5. The van der Waals surface area contributed by atoms with Crippen LogP contribution in [0, 0.1) is 34.0 Å². The van der Waals surface area contributed by atoms with E-state index in [1.807, 2.05) is 0 Å². The number of hydroxylamine groups is 2. The van der Waals surface area contributed by atoms with Gasteiger partial charge in [0, 0.05) is 18.4 Å². The van der Waals surface area contributed by atoms with Crippen LogP contribution in [0.2, 0.25) is 0 Å². The van der Waals surface area contributed by atoms with E-state index in [2.05, 4.69) is 13.8 Å². The van der Waals surface area contributed by atoms with Gasteiger partial charge >= 0.3 is 5.97 Å². The Labute approximate surface area is 175 Å². The Hall–Kier alpha value is -1.26. The quantitative estimate of drug-likeness (QED) is 0.411. The van der Waals surface area contributed by atoms with E-state index >= 15 is 0 Å². The zero-order chi connectivity index (χ0) is 21.9. The van der Waals surface area contributed by atoms with Gasteiger partial charge in [-0.3, -0.25) is 14.4 Å². The van der Waals surface area contributed by atoms with E-state index in [-0.39, 0.29) is 17.9 Å². The number of nitrogens with zero attached hydrogens (tertiary/aromatic N) is 1. The van der Waals surface area contributed by atoms with E-state index < -0.39 is 58.6 Å². The van der Waals surface area contributed by atoms with Crippen LogP contribution >= 0.6 is 0 Å². The lowest BCUT2D eigenvalue weighted by molar-refractivity contribution is -0.436. The molecular formula is C21H31NO8. The van der Waals surface area contributed by atoms with Crippen molar-refractivity contribution in [2.45, 2.75) is 63.6 Å². The minimum Gasteiger partial charge on any atom is -0.456 e. The summed E-state index contributed by atoms with van der Waals surface area (Å²) < 4.78 is 11.7. The highest BCUT2D eigenvalue weighted by molar-refractivity contribution is 5.87. The van der Waals surface area contributed by atoms with Gasteiger partial charge in [-0.2, -0.15) is 0 Å². The van der Waals surface area contributed by atoms with Crippen LogP contribution in [0.15, 0.2) is 0 Å².